The van der Waals surface area contributed by atoms with E-state index in [4.69, 9.17) is 0 Å². The first-order chi connectivity index (χ1) is 12.5. The van der Waals surface area contributed by atoms with Crippen molar-refractivity contribution in [3.63, 3.8) is 0 Å². The second-order valence-electron chi connectivity index (χ2n) is 8.48. The van der Waals surface area contributed by atoms with Gasteiger partial charge in [0.1, 0.15) is 11.6 Å². The molecule has 0 radical (unpaired) electrons. The Morgan fingerprint density at radius 3 is 2.62 bits per heavy atom. The summed E-state index contributed by atoms with van der Waals surface area (Å²) in [5.74, 6) is 3.32. The number of carbonyl (C=O) groups is 1. The van der Waals surface area contributed by atoms with Crippen LogP contribution >= 0.6 is 0 Å². The summed E-state index contributed by atoms with van der Waals surface area (Å²) in [6, 6.07) is 0. The molecule has 2 aliphatic heterocycles. The second kappa shape index (κ2) is 8.98. The van der Waals surface area contributed by atoms with Gasteiger partial charge in [-0.3, -0.25) is 9.69 Å². The molecule has 1 amide bonds. The predicted octanol–water partition coefficient (Wildman–Crippen LogP) is 2.94. The Balaban J connectivity index is 1.60. The third kappa shape index (κ3) is 4.84. The van der Waals surface area contributed by atoms with Crippen LogP contribution in [0.4, 0.5) is 0 Å². The number of nitrogens with zero attached hydrogens (tertiary/aromatic N) is 5. The normalized spacial score (nSPS) is 22.2. The molecule has 2 fully saturated rings. The smallest absolute Gasteiger partial charge is 0.222 e. The molecule has 1 unspecified atom stereocenters. The number of likely N-dealkylation sites (tertiary alicyclic amines) is 2. The molecular formula is C20H35N5O. The average Bonchev–Trinajstić information content (AvgIpc) is 3.01. The van der Waals surface area contributed by atoms with Gasteiger partial charge < -0.3 is 9.47 Å². The van der Waals surface area contributed by atoms with Crippen LogP contribution < -0.4 is 0 Å². The molecule has 26 heavy (non-hydrogen) atoms. The van der Waals surface area contributed by atoms with E-state index in [0.717, 1.165) is 50.5 Å². The number of piperidine rings is 2. The van der Waals surface area contributed by atoms with E-state index in [9.17, 15) is 4.79 Å². The largest absolute Gasteiger partial charge is 0.342 e. The molecular weight excluding hydrogens is 326 g/mol. The number of carbonyl (C=O) groups excluding carboxylic acids is 1. The Kier molecular flexibility index (Phi) is 6.68. The molecule has 3 rings (SSSR count). The molecule has 2 aliphatic rings. The van der Waals surface area contributed by atoms with Crippen LogP contribution in [0.1, 0.15) is 76.4 Å². The van der Waals surface area contributed by atoms with E-state index in [1.165, 1.54) is 32.4 Å². The summed E-state index contributed by atoms with van der Waals surface area (Å²) < 4.78 is 2.18. The Morgan fingerprint density at radius 1 is 1.12 bits per heavy atom. The fourth-order valence-corrected chi connectivity index (χ4v) is 4.17. The molecule has 0 aliphatic carbocycles. The molecule has 146 valence electrons. The molecule has 6 heteroatoms. The van der Waals surface area contributed by atoms with Gasteiger partial charge in [0.05, 0.1) is 6.54 Å². The molecule has 0 saturated carbocycles. The lowest BCUT2D eigenvalue weighted by Gasteiger charge is -2.32. The summed E-state index contributed by atoms with van der Waals surface area (Å²) in [4.78, 5) is 17.0. The highest BCUT2D eigenvalue weighted by atomic mass is 16.2. The summed E-state index contributed by atoms with van der Waals surface area (Å²) in [5.41, 5.74) is 0. The van der Waals surface area contributed by atoms with Gasteiger partial charge in [-0.25, -0.2) is 0 Å². The number of rotatable bonds is 6. The maximum atomic E-state index is 12.5. The van der Waals surface area contributed by atoms with E-state index in [1.54, 1.807) is 0 Å². The molecule has 3 heterocycles. The zero-order chi connectivity index (χ0) is 18.5. The standard InChI is InChI=1S/C20H35N5O/c1-16(2)9-10-19(26)25-13-7-8-17(14-25)20-22-21-18(23(20)3)15-24-11-5-4-6-12-24/h16-17H,4-15H2,1-3H3. The molecule has 1 atom stereocenters. The molecule has 0 aromatic carbocycles. The van der Waals surface area contributed by atoms with Gasteiger partial charge in [0.15, 0.2) is 0 Å². The van der Waals surface area contributed by atoms with Gasteiger partial charge in [-0.05, 0) is 51.1 Å². The van der Waals surface area contributed by atoms with Crippen LogP contribution in [0.3, 0.4) is 0 Å². The highest BCUT2D eigenvalue weighted by molar-refractivity contribution is 5.76. The summed E-state index contributed by atoms with van der Waals surface area (Å²) in [7, 11) is 2.09. The van der Waals surface area contributed by atoms with E-state index in [1.807, 2.05) is 0 Å². The maximum Gasteiger partial charge on any atom is 0.222 e. The Morgan fingerprint density at radius 2 is 1.88 bits per heavy atom. The lowest BCUT2D eigenvalue weighted by Crippen LogP contribution is -2.39. The fraction of sp³-hybridized carbons (Fsp3) is 0.850. The van der Waals surface area contributed by atoms with Crippen LogP contribution in [0, 0.1) is 5.92 Å². The first kappa shape index (κ1) is 19.3. The van der Waals surface area contributed by atoms with Crippen LogP contribution in [0.2, 0.25) is 0 Å². The SMILES string of the molecule is CC(C)CCC(=O)N1CCCC(c2nnc(CN3CCCCC3)n2C)C1. The molecule has 0 spiro atoms. The third-order valence-electron chi connectivity index (χ3n) is 5.89. The number of aromatic nitrogens is 3. The van der Waals surface area contributed by atoms with E-state index in [0.29, 0.717) is 24.2 Å². The molecule has 1 aromatic rings. The molecule has 0 bridgehead atoms. The highest BCUT2D eigenvalue weighted by Gasteiger charge is 2.28. The van der Waals surface area contributed by atoms with Crippen LogP contribution in [0.15, 0.2) is 0 Å². The Labute approximate surface area is 157 Å². The minimum Gasteiger partial charge on any atom is -0.342 e. The highest BCUT2D eigenvalue weighted by Crippen LogP contribution is 2.27. The van der Waals surface area contributed by atoms with Crippen molar-refractivity contribution < 1.29 is 4.79 Å². The van der Waals surface area contributed by atoms with Gasteiger partial charge in [0.2, 0.25) is 5.91 Å². The fourth-order valence-electron chi connectivity index (χ4n) is 4.17. The lowest BCUT2D eigenvalue weighted by atomic mass is 9.96. The van der Waals surface area contributed by atoms with Gasteiger partial charge in [0, 0.05) is 32.5 Å². The Bertz CT molecular complexity index is 591. The van der Waals surface area contributed by atoms with Crippen molar-refractivity contribution in [3.05, 3.63) is 11.6 Å². The summed E-state index contributed by atoms with van der Waals surface area (Å²) >= 11 is 0. The minimum atomic E-state index is 0.305. The van der Waals surface area contributed by atoms with Crippen molar-refractivity contribution in [1.82, 2.24) is 24.6 Å². The van der Waals surface area contributed by atoms with E-state index in [2.05, 4.69) is 45.5 Å². The van der Waals surface area contributed by atoms with Crippen molar-refractivity contribution in [1.29, 1.82) is 0 Å². The quantitative estimate of drug-likeness (QED) is 0.782. The minimum absolute atomic E-state index is 0.305. The number of hydrogen-bond acceptors (Lipinski definition) is 4. The van der Waals surface area contributed by atoms with Gasteiger partial charge in [-0.15, -0.1) is 10.2 Å². The topological polar surface area (TPSA) is 54.3 Å². The average molecular weight is 362 g/mol. The first-order valence-corrected chi connectivity index (χ1v) is 10.4. The van der Waals surface area contributed by atoms with Crippen LogP contribution in [-0.4, -0.2) is 56.7 Å². The number of amides is 1. The monoisotopic (exact) mass is 361 g/mol. The van der Waals surface area contributed by atoms with Gasteiger partial charge in [-0.1, -0.05) is 20.3 Å². The predicted molar refractivity (Wildman–Crippen MR) is 103 cm³/mol. The van der Waals surface area contributed by atoms with Crippen LogP contribution in [0.5, 0.6) is 0 Å². The lowest BCUT2D eigenvalue weighted by molar-refractivity contribution is -0.132. The van der Waals surface area contributed by atoms with Crippen molar-refractivity contribution in [2.45, 2.75) is 71.3 Å². The van der Waals surface area contributed by atoms with E-state index in [-0.39, 0.29) is 0 Å². The van der Waals surface area contributed by atoms with Crippen molar-refractivity contribution in [2.24, 2.45) is 13.0 Å². The van der Waals surface area contributed by atoms with Crippen LogP contribution in [-0.2, 0) is 18.4 Å². The molecule has 2 saturated heterocycles. The van der Waals surface area contributed by atoms with Crippen LogP contribution in [0.25, 0.3) is 0 Å². The van der Waals surface area contributed by atoms with Gasteiger partial charge >= 0.3 is 0 Å². The van der Waals surface area contributed by atoms with Crippen molar-refractivity contribution in [2.75, 3.05) is 26.2 Å². The third-order valence-corrected chi connectivity index (χ3v) is 5.89. The Hall–Kier alpha value is -1.43. The zero-order valence-corrected chi connectivity index (χ0v) is 16.8. The van der Waals surface area contributed by atoms with Crippen molar-refractivity contribution in [3.8, 4) is 0 Å². The second-order valence-corrected chi connectivity index (χ2v) is 8.48. The molecule has 0 N–H and O–H groups in total. The summed E-state index contributed by atoms with van der Waals surface area (Å²) in [6.45, 7) is 9.28. The summed E-state index contributed by atoms with van der Waals surface area (Å²) in [5, 5.41) is 9.00. The van der Waals surface area contributed by atoms with Gasteiger partial charge in [-0.2, -0.15) is 0 Å². The molecule has 1 aromatic heterocycles. The summed E-state index contributed by atoms with van der Waals surface area (Å²) in [6.07, 6.45) is 7.74. The zero-order valence-electron chi connectivity index (χ0n) is 16.8. The maximum absolute atomic E-state index is 12.5. The number of hydrogen-bond donors (Lipinski definition) is 0. The van der Waals surface area contributed by atoms with E-state index >= 15 is 0 Å². The van der Waals surface area contributed by atoms with E-state index < -0.39 is 0 Å². The molecule has 6 nitrogen and oxygen atoms in total. The van der Waals surface area contributed by atoms with Crippen molar-refractivity contribution >= 4 is 5.91 Å². The van der Waals surface area contributed by atoms with Gasteiger partial charge in [0.25, 0.3) is 0 Å². The first-order valence-electron chi connectivity index (χ1n) is 10.4.